The highest BCUT2D eigenvalue weighted by molar-refractivity contribution is 5.91. The molecule has 0 spiro atoms. The number of hydrogen-bond acceptors (Lipinski definition) is 6. The number of hydrogen-bond donors (Lipinski definition) is 0. The Morgan fingerprint density at radius 1 is 1.06 bits per heavy atom. The van der Waals surface area contributed by atoms with E-state index in [0.717, 1.165) is 36.5 Å². The van der Waals surface area contributed by atoms with Gasteiger partial charge in [0.25, 0.3) is 11.5 Å². The average Bonchev–Trinajstić information content (AvgIpc) is 3.37. The van der Waals surface area contributed by atoms with Crippen LogP contribution in [-0.2, 0) is 30.9 Å². The van der Waals surface area contributed by atoms with Crippen molar-refractivity contribution in [2.75, 3.05) is 33.3 Å². The maximum absolute atomic E-state index is 13.6. The molecule has 3 aromatic heterocycles. The van der Waals surface area contributed by atoms with Gasteiger partial charge in [0.1, 0.15) is 12.4 Å². The minimum atomic E-state index is -0.144. The zero-order chi connectivity index (χ0) is 24.2. The Kier molecular flexibility index (Phi) is 7.11. The molecule has 35 heavy (non-hydrogen) atoms. The van der Waals surface area contributed by atoms with Crippen LogP contribution in [0.25, 0.3) is 11.1 Å². The molecule has 3 aromatic rings. The van der Waals surface area contributed by atoms with Gasteiger partial charge >= 0.3 is 0 Å². The molecule has 0 atom stereocenters. The number of carbonyl (C=O) groups excluding carboxylic acids is 1. The number of carbonyl (C=O) groups is 1. The molecule has 2 aliphatic heterocycles. The van der Waals surface area contributed by atoms with Crippen molar-refractivity contribution >= 4 is 5.91 Å². The van der Waals surface area contributed by atoms with Crippen molar-refractivity contribution < 1.29 is 13.9 Å². The van der Waals surface area contributed by atoms with Gasteiger partial charge in [-0.3, -0.25) is 14.6 Å². The van der Waals surface area contributed by atoms with Gasteiger partial charge < -0.3 is 23.5 Å². The van der Waals surface area contributed by atoms with Crippen molar-refractivity contribution in [1.29, 1.82) is 0 Å². The lowest BCUT2D eigenvalue weighted by Gasteiger charge is -2.32. The van der Waals surface area contributed by atoms with Crippen LogP contribution >= 0.6 is 0 Å². The van der Waals surface area contributed by atoms with E-state index < -0.39 is 0 Å². The van der Waals surface area contributed by atoms with E-state index in [-0.39, 0.29) is 11.5 Å². The maximum atomic E-state index is 13.6. The summed E-state index contributed by atoms with van der Waals surface area (Å²) in [5.74, 6) is 0.794. The topological polar surface area (TPSA) is 80.8 Å². The zero-order valence-electron chi connectivity index (χ0n) is 20.2. The fourth-order valence-corrected chi connectivity index (χ4v) is 5.16. The Hall–Kier alpha value is -3.23. The largest absolute Gasteiger partial charge is 0.453 e. The van der Waals surface area contributed by atoms with Gasteiger partial charge in [-0.1, -0.05) is 6.42 Å². The molecule has 8 heteroatoms. The number of aromatic nitrogens is 2. The second-order valence-electron chi connectivity index (χ2n) is 9.30. The number of amides is 1. The highest BCUT2D eigenvalue weighted by atomic mass is 16.5. The fourth-order valence-electron chi connectivity index (χ4n) is 5.16. The van der Waals surface area contributed by atoms with Crippen molar-refractivity contribution in [3.8, 4) is 11.1 Å². The second kappa shape index (κ2) is 10.6. The first-order chi connectivity index (χ1) is 17.1. The van der Waals surface area contributed by atoms with Crippen molar-refractivity contribution in [1.82, 2.24) is 19.4 Å². The molecule has 0 N–H and O–H groups in total. The molecule has 1 fully saturated rings. The quantitative estimate of drug-likeness (QED) is 0.520. The van der Waals surface area contributed by atoms with E-state index in [4.69, 9.17) is 9.15 Å². The van der Waals surface area contributed by atoms with E-state index in [1.54, 1.807) is 36.5 Å². The number of methoxy groups -OCH3 is 1. The Balaban J connectivity index is 1.45. The normalized spacial score (nSPS) is 16.3. The molecule has 8 nitrogen and oxygen atoms in total. The SMILES string of the molecule is COCc1ccc(C(=O)N2CCc3c(cc(-c4ccncc4)c(=O)n3CCN3CCCCC3)C2)o1. The molecule has 2 aliphatic rings. The first-order valence-corrected chi connectivity index (χ1v) is 12.4. The molecule has 0 aliphatic carbocycles. The highest BCUT2D eigenvalue weighted by Crippen LogP contribution is 2.25. The number of piperidine rings is 1. The van der Waals surface area contributed by atoms with Gasteiger partial charge in [0.15, 0.2) is 5.76 Å². The van der Waals surface area contributed by atoms with Crippen LogP contribution in [-0.4, -0.2) is 58.5 Å². The Labute approximate surface area is 205 Å². The minimum Gasteiger partial charge on any atom is -0.453 e. The molecule has 5 rings (SSSR count). The molecule has 0 unspecified atom stereocenters. The molecule has 0 saturated carbocycles. The number of pyridine rings is 2. The lowest BCUT2D eigenvalue weighted by atomic mass is 9.99. The Bertz CT molecular complexity index is 1230. The molecule has 5 heterocycles. The van der Waals surface area contributed by atoms with Gasteiger partial charge in [-0.05, 0) is 67.4 Å². The number of fused-ring (bicyclic) bond motifs is 1. The third-order valence-electron chi connectivity index (χ3n) is 7.00. The monoisotopic (exact) mass is 476 g/mol. The van der Waals surface area contributed by atoms with Gasteiger partial charge in [-0.15, -0.1) is 0 Å². The fraction of sp³-hybridized carbons (Fsp3) is 0.444. The molecular weight excluding hydrogens is 444 g/mol. The standard InChI is InChI=1S/C27H32N4O4/c1-34-19-22-5-6-25(35-22)27(33)30-14-9-24-21(18-30)17-23(20-7-10-28-11-8-20)26(32)31(24)16-15-29-12-3-2-4-13-29/h5-8,10-11,17H,2-4,9,12-16,18-19H2,1H3. The van der Waals surface area contributed by atoms with Gasteiger partial charge in [0, 0.05) is 63.4 Å². The van der Waals surface area contributed by atoms with Crippen LogP contribution < -0.4 is 5.56 Å². The zero-order valence-corrected chi connectivity index (χ0v) is 20.2. The molecule has 0 bridgehead atoms. The van der Waals surface area contributed by atoms with Gasteiger partial charge in [0.2, 0.25) is 0 Å². The number of ether oxygens (including phenoxy) is 1. The smallest absolute Gasteiger partial charge is 0.289 e. The molecule has 1 amide bonds. The van der Waals surface area contributed by atoms with Crippen LogP contribution in [0.3, 0.4) is 0 Å². The maximum Gasteiger partial charge on any atom is 0.289 e. The number of nitrogens with zero attached hydrogens (tertiary/aromatic N) is 4. The Morgan fingerprint density at radius 3 is 2.63 bits per heavy atom. The summed E-state index contributed by atoms with van der Waals surface area (Å²) < 4.78 is 12.7. The van der Waals surface area contributed by atoms with Crippen molar-refractivity contribution in [2.45, 2.75) is 45.4 Å². The minimum absolute atomic E-state index is 0.0296. The average molecular weight is 477 g/mol. The van der Waals surface area contributed by atoms with Gasteiger partial charge in [0.05, 0.1) is 0 Å². The summed E-state index contributed by atoms with van der Waals surface area (Å²) in [6, 6.07) is 9.17. The first-order valence-electron chi connectivity index (χ1n) is 12.4. The molecule has 0 radical (unpaired) electrons. The van der Waals surface area contributed by atoms with E-state index in [2.05, 4.69) is 9.88 Å². The van der Waals surface area contributed by atoms with Crippen molar-refractivity contribution in [2.24, 2.45) is 0 Å². The molecule has 1 saturated heterocycles. The molecular formula is C27H32N4O4. The lowest BCUT2D eigenvalue weighted by Crippen LogP contribution is -2.41. The van der Waals surface area contributed by atoms with Crippen LogP contribution in [0.15, 0.2) is 51.9 Å². The summed E-state index contributed by atoms with van der Waals surface area (Å²) in [6.45, 7) is 5.03. The van der Waals surface area contributed by atoms with E-state index in [0.29, 0.717) is 49.7 Å². The number of furan rings is 1. The van der Waals surface area contributed by atoms with Crippen LogP contribution in [0.1, 0.15) is 46.8 Å². The van der Waals surface area contributed by atoms with E-state index in [1.165, 1.54) is 19.3 Å². The van der Waals surface area contributed by atoms with E-state index in [9.17, 15) is 9.59 Å². The summed E-state index contributed by atoms with van der Waals surface area (Å²) in [6.07, 6.45) is 7.78. The second-order valence-corrected chi connectivity index (χ2v) is 9.30. The van der Waals surface area contributed by atoms with Crippen LogP contribution in [0.2, 0.25) is 0 Å². The van der Waals surface area contributed by atoms with Crippen LogP contribution in [0, 0.1) is 0 Å². The van der Waals surface area contributed by atoms with Crippen molar-refractivity contribution in [3.05, 3.63) is 75.9 Å². The summed E-state index contributed by atoms with van der Waals surface area (Å²) in [7, 11) is 1.59. The summed E-state index contributed by atoms with van der Waals surface area (Å²) >= 11 is 0. The molecule has 0 aromatic carbocycles. The van der Waals surface area contributed by atoms with E-state index in [1.807, 2.05) is 22.8 Å². The van der Waals surface area contributed by atoms with Crippen LogP contribution in [0.4, 0.5) is 0 Å². The highest BCUT2D eigenvalue weighted by Gasteiger charge is 2.27. The van der Waals surface area contributed by atoms with Gasteiger partial charge in [-0.2, -0.15) is 0 Å². The summed E-state index contributed by atoms with van der Waals surface area (Å²) in [5.41, 5.74) is 3.58. The number of rotatable bonds is 7. The third-order valence-corrected chi connectivity index (χ3v) is 7.00. The number of likely N-dealkylation sites (tertiary alicyclic amines) is 1. The van der Waals surface area contributed by atoms with E-state index >= 15 is 0 Å². The molecule has 184 valence electrons. The summed E-state index contributed by atoms with van der Waals surface area (Å²) in [4.78, 5) is 35.2. The summed E-state index contributed by atoms with van der Waals surface area (Å²) in [5, 5.41) is 0. The first kappa shape index (κ1) is 23.5. The van der Waals surface area contributed by atoms with Gasteiger partial charge in [-0.25, -0.2) is 0 Å². The third kappa shape index (κ3) is 5.09. The Morgan fingerprint density at radius 2 is 1.86 bits per heavy atom. The predicted octanol–water partition coefficient (Wildman–Crippen LogP) is 3.33. The van der Waals surface area contributed by atoms with Crippen LogP contribution in [0.5, 0.6) is 0 Å². The lowest BCUT2D eigenvalue weighted by molar-refractivity contribution is 0.0692. The predicted molar refractivity (Wildman–Crippen MR) is 132 cm³/mol. The van der Waals surface area contributed by atoms with Crippen molar-refractivity contribution in [3.63, 3.8) is 0 Å².